The zero-order valence-electron chi connectivity index (χ0n) is 13.6. The first-order chi connectivity index (χ1) is 9.86. The van der Waals surface area contributed by atoms with Gasteiger partial charge in [0.15, 0.2) is 0 Å². The quantitative estimate of drug-likeness (QED) is 0.304. The third-order valence-electron chi connectivity index (χ3n) is 3.60. The van der Waals surface area contributed by atoms with Gasteiger partial charge in [-0.1, -0.05) is 65.2 Å². The molecule has 0 aliphatic heterocycles. The zero-order valence-corrected chi connectivity index (χ0v) is 14.7. The van der Waals surface area contributed by atoms with E-state index in [-0.39, 0.29) is 17.1 Å². The van der Waals surface area contributed by atoms with Crippen LogP contribution in [0.2, 0.25) is 0 Å². The molecule has 0 fully saturated rings. The van der Waals surface area contributed by atoms with Gasteiger partial charge in [0.05, 0.1) is 0 Å². The van der Waals surface area contributed by atoms with E-state index in [9.17, 15) is 0 Å². The Morgan fingerprint density at radius 1 is 0.571 bits per heavy atom. The van der Waals surface area contributed by atoms with Crippen molar-refractivity contribution in [1.29, 1.82) is 0 Å². The fourth-order valence-corrected chi connectivity index (χ4v) is 2.32. The summed E-state index contributed by atoms with van der Waals surface area (Å²) in [5.74, 6) is 0. The second-order valence-electron chi connectivity index (χ2n) is 5.50. The van der Waals surface area contributed by atoms with E-state index in [0.29, 0.717) is 0 Å². The summed E-state index contributed by atoms with van der Waals surface area (Å²) in [5, 5.41) is 0. The van der Waals surface area contributed by atoms with Crippen molar-refractivity contribution in [2.24, 2.45) is 0 Å². The molecule has 0 aliphatic carbocycles. The summed E-state index contributed by atoms with van der Waals surface area (Å²) in [6.07, 6.45) is 10.6. The largest absolute Gasteiger partial charge is 2.00 e. The van der Waals surface area contributed by atoms with Gasteiger partial charge in [0, 0.05) is 0 Å². The molecule has 0 bridgehead atoms. The number of rotatable bonds is 8. The number of hydrogen-bond donors (Lipinski definition) is 0. The van der Waals surface area contributed by atoms with Crippen molar-refractivity contribution in [2.75, 3.05) is 0 Å². The third kappa shape index (κ3) is 10.6. The van der Waals surface area contributed by atoms with E-state index in [1.807, 2.05) is 0 Å². The molecular weight excluding hydrogens is 296 g/mol. The first-order valence-corrected chi connectivity index (χ1v) is 8.28. The smallest absolute Gasteiger partial charge is 0.213 e. The normalized spacial score (nSPS) is 9.62. The Kier molecular flexibility index (Phi) is 13.6. The van der Waals surface area contributed by atoms with E-state index < -0.39 is 0 Å². The van der Waals surface area contributed by atoms with Crippen molar-refractivity contribution in [2.45, 2.75) is 65.2 Å². The van der Waals surface area contributed by atoms with E-state index in [4.69, 9.17) is 0 Å². The monoisotopic (exact) mass is 326 g/mol. The second kappa shape index (κ2) is 14.2. The Morgan fingerprint density at radius 3 is 1.19 bits per heavy atom. The van der Waals surface area contributed by atoms with Crippen LogP contribution in [-0.4, -0.2) is 0 Å². The molecule has 118 valence electrons. The molecule has 1 heteroatoms. The zero-order chi connectivity index (χ0) is 14.5. The minimum atomic E-state index is 0. The van der Waals surface area contributed by atoms with Crippen LogP contribution >= 0.6 is 0 Å². The Labute approximate surface area is 142 Å². The summed E-state index contributed by atoms with van der Waals surface area (Å²) in [4.78, 5) is 0. The standard InChI is InChI=1S/2C10H15.Fe/c2*1-2-3-4-7-10-8-5-6-9-10;/h2*5-6,8-9H,2-4,7H2,1H3;/q2*-1;+2. The molecule has 0 heterocycles. The summed E-state index contributed by atoms with van der Waals surface area (Å²) in [5.41, 5.74) is 2.99. The maximum atomic E-state index is 2.24. The molecule has 0 N–H and O–H groups in total. The van der Waals surface area contributed by atoms with Crippen molar-refractivity contribution in [3.05, 3.63) is 59.7 Å². The summed E-state index contributed by atoms with van der Waals surface area (Å²) in [6, 6.07) is 17.3. The van der Waals surface area contributed by atoms with Crippen LogP contribution in [0, 0.1) is 0 Å². The fraction of sp³-hybridized carbons (Fsp3) is 0.500. The minimum Gasteiger partial charge on any atom is -0.213 e. The molecule has 0 aliphatic rings. The molecule has 0 aromatic heterocycles. The molecule has 2 aromatic rings. The summed E-state index contributed by atoms with van der Waals surface area (Å²) < 4.78 is 0. The van der Waals surface area contributed by atoms with Crippen LogP contribution in [0.3, 0.4) is 0 Å². The van der Waals surface area contributed by atoms with Gasteiger partial charge in [-0.3, -0.25) is 0 Å². The topological polar surface area (TPSA) is 0 Å². The first-order valence-electron chi connectivity index (χ1n) is 8.28. The van der Waals surface area contributed by atoms with Crippen LogP contribution in [0.1, 0.15) is 63.5 Å². The Balaban J connectivity index is 0.000000364. The maximum absolute atomic E-state index is 2.24. The summed E-state index contributed by atoms with van der Waals surface area (Å²) in [7, 11) is 0. The van der Waals surface area contributed by atoms with Crippen molar-refractivity contribution in [3.63, 3.8) is 0 Å². The van der Waals surface area contributed by atoms with Crippen LogP contribution in [0.15, 0.2) is 48.5 Å². The van der Waals surface area contributed by atoms with Crippen molar-refractivity contribution < 1.29 is 17.1 Å². The average molecular weight is 326 g/mol. The third-order valence-corrected chi connectivity index (χ3v) is 3.60. The average Bonchev–Trinajstić information content (AvgIpc) is 3.13. The SMILES string of the molecule is CCCCC[c-]1cccc1.CCCCC[c-]1cccc1.[Fe+2]. The Bertz CT molecular complexity index is 343. The van der Waals surface area contributed by atoms with E-state index >= 15 is 0 Å². The van der Waals surface area contributed by atoms with Gasteiger partial charge in [0.1, 0.15) is 0 Å². The number of aryl methyl sites for hydroxylation is 2. The Hall–Kier alpha value is -0.781. The first kappa shape index (κ1) is 20.2. The molecule has 0 amide bonds. The van der Waals surface area contributed by atoms with Gasteiger partial charge in [-0.15, -0.1) is 0 Å². The molecule has 0 radical (unpaired) electrons. The van der Waals surface area contributed by atoms with E-state index in [1.54, 1.807) is 0 Å². The second-order valence-corrected chi connectivity index (χ2v) is 5.50. The fourth-order valence-electron chi connectivity index (χ4n) is 2.32. The van der Waals surface area contributed by atoms with E-state index in [1.165, 1.54) is 62.5 Å². The van der Waals surface area contributed by atoms with Crippen LogP contribution in [-0.2, 0) is 29.9 Å². The van der Waals surface area contributed by atoms with Gasteiger partial charge in [-0.25, -0.2) is 24.3 Å². The van der Waals surface area contributed by atoms with Crippen molar-refractivity contribution >= 4 is 0 Å². The molecule has 21 heavy (non-hydrogen) atoms. The van der Waals surface area contributed by atoms with E-state index in [2.05, 4.69) is 62.4 Å². The molecule has 0 saturated carbocycles. The van der Waals surface area contributed by atoms with Crippen LogP contribution in [0.25, 0.3) is 0 Å². The number of hydrogen-bond acceptors (Lipinski definition) is 0. The maximum Gasteiger partial charge on any atom is 2.00 e. The van der Waals surface area contributed by atoms with Gasteiger partial charge >= 0.3 is 17.1 Å². The van der Waals surface area contributed by atoms with Crippen LogP contribution < -0.4 is 0 Å². The molecule has 0 spiro atoms. The van der Waals surface area contributed by atoms with Gasteiger partial charge in [-0.05, 0) is 0 Å². The predicted molar refractivity (Wildman–Crippen MR) is 90.5 cm³/mol. The van der Waals surface area contributed by atoms with Gasteiger partial charge in [0.25, 0.3) is 0 Å². The summed E-state index contributed by atoms with van der Waals surface area (Å²) >= 11 is 0. The van der Waals surface area contributed by atoms with E-state index in [0.717, 1.165) is 0 Å². The molecular formula is C20H30Fe. The molecule has 0 nitrogen and oxygen atoms in total. The minimum absolute atomic E-state index is 0. The number of unbranched alkanes of at least 4 members (excludes halogenated alkanes) is 4. The molecule has 2 aromatic carbocycles. The van der Waals surface area contributed by atoms with Crippen molar-refractivity contribution in [1.82, 2.24) is 0 Å². The predicted octanol–water partition coefficient (Wildman–Crippen LogP) is 6.27. The van der Waals surface area contributed by atoms with Crippen molar-refractivity contribution in [3.8, 4) is 0 Å². The molecule has 0 saturated heterocycles. The Morgan fingerprint density at radius 2 is 0.905 bits per heavy atom. The van der Waals surface area contributed by atoms with Gasteiger partial charge in [0.2, 0.25) is 0 Å². The van der Waals surface area contributed by atoms with Gasteiger partial charge < -0.3 is 0 Å². The molecule has 2 rings (SSSR count). The van der Waals surface area contributed by atoms with Gasteiger partial charge in [-0.2, -0.15) is 35.4 Å². The molecule has 0 atom stereocenters. The van der Waals surface area contributed by atoms with Crippen LogP contribution in [0.4, 0.5) is 0 Å². The summed E-state index contributed by atoms with van der Waals surface area (Å²) in [6.45, 7) is 4.48. The molecule has 0 unspecified atom stereocenters. The van der Waals surface area contributed by atoms with Crippen LogP contribution in [0.5, 0.6) is 0 Å².